The van der Waals surface area contributed by atoms with Crippen molar-refractivity contribution in [1.82, 2.24) is 13.8 Å². The number of carbonyl (C=O) groups excluding carboxylic acids is 1. The minimum absolute atomic E-state index is 0.0576. The van der Waals surface area contributed by atoms with E-state index in [2.05, 4.69) is 0 Å². The molecule has 2 aliphatic heterocycles. The second-order valence-electron chi connectivity index (χ2n) is 5.82. The van der Waals surface area contributed by atoms with Crippen molar-refractivity contribution in [3.63, 3.8) is 0 Å². The number of amides is 1. The molecule has 2 aliphatic rings. The van der Waals surface area contributed by atoms with Gasteiger partial charge in [-0.05, 0) is 6.07 Å². The highest BCUT2D eigenvalue weighted by atomic mass is 32.2. The average molecular weight is 341 g/mol. The third kappa shape index (κ3) is 3.31. The van der Waals surface area contributed by atoms with Crippen LogP contribution in [0.5, 0.6) is 0 Å². The summed E-state index contributed by atoms with van der Waals surface area (Å²) >= 11 is 0. The molecule has 1 amide bonds. The quantitative estimate of drug-likeness (QED) is 0.683. The third-order valence-electron chi connectivity index (χ3n) is 4.23. The number of ether oxygens (including phenoxy) is 1. The number of pyridine rings is 1. The van der Waals surface area contributed by atoms with E-state index < -0.39 is 10.0 Å². The highest BCUT2D eigenvalue weighted by molar-refractivity contribution is 7.88. The molecular formula is C14H19N3O5S. The second kappa shape index (κ2) is 6.06. The van der Waals surface area contributed by atoms with Crippen LogP contribution < -0.4 is 5.56 Å². The molecule has 2 saturated heterocycles. The molecule has 0 radical (unpaired) electrons. The van der Waals surface area contributed by atoms with Gasteiger partial charge in [-0.25, -0.2) is 8.42 Å². The number of hydrogen-bond donors (Lipinski definition) is 0. The number of hydrogen-bond acceptors (Lipinski definition) is 5. The fourth-order valence-electron chi connectivity index (χ4n) is 3.11. The fourth-order valence-corrected chi connectivity index (χ4v) is 4.21. The van der Waals surface area contributed by atoms with Crippen LogP contribution in [-0.4, -0.2) is 72.7 Å². The molecule has 2 fully saturated rings. The van der Waals surface area contributed by atoms with Crippen LogP contribution in [0.4, 0.5) is 0 Å². The highest BCUT2D eigenvalue weighted by Gasteiger charge is 2.44. The number of nitrogens with zero attached hydrogens (tertiary/aromatic N) is 3. The molecule has 2 atom stereocenters. The zero-order chi connectivity index (χ0) is 16.6. The lowest BCUT2D eigenvalue weighted by atomic mass is 10.2. The van der Waals surface area contributed by atoms with E-state index in [9.17, 15) is 18.0 Å². The second-order valence-corrected chi connectivity index (χ2v) is 7.75. The lowest BCUT2D eigenvalue weighted by molar-refractivity contribution is -0.131. The number of fused-ring (bicyclic) bond motifs is 1. The van der Waals surface area contributed by atoms with Crippen LogP contribution in [0.3, 0.4) is 0 Å². The van der Waals surface area contributed by atoms with Gasteiger partial charge in [0.1, 0.15) is 6.54 Å². The van der Waals surface area contributed by atoms with Crippen LogP contribution in [0.1, 0.15) is 0 Å². The number of morpholine rings is 1. The summed E-state index contributed by atoms with van der Waals surface area (Å²) in [6.45, 7) is 1.21. The van der Waals surface area contributed by atoms with E-state index >= 15 is 0 Å². The number of rotatable bonds is 3. The Balaban J connectivity index is 1.72. The molecule has 0 N–H and O–H groups in total. The molecule has 0 aliphatic carbocycles. The maximum Gasteiger partial charge on any atom is 0.250 e. The van der Waals surface area contributed by atoms with Gasteiger partial charge in [0.15, 0.2) is 0 Å². The molecule has 0 unspecified atom stereocenters. The molecule has 1 aromatic rings. The van der Waals surface area contributed by atoms with E-state index in [-0.39, 0.29) is 36.7 Å². The Hall–Kier alpha value is -1.71. The summed E-state index contributed by atoms with van der Waals surface area (Å²) in [7, 11) is -3.33. The summed E-state index contributed by atoms with van der Waals surface area (Å²) in [5.41, 5.74) is -0.244. The van der Waals surface area contributed by atoms with E-state index in [0.29, 0.717) is 19.7 Å². The van der Waals surface area contributed by atoms with Crippen molar-refractivity contribution >= 4 is 15.9 Å². The molecule has 3 rings (SSSR count). The first-order chi connectivity index (χ1) is 10.9. The topological polar surface area (TPSA) is 88.9 Å². The first-order valence-electron chi connectivity index (χ1n) is 7.38. The largest absolute Gasteiger partial charge is 0.373 e. The molecule has 8 nitrogen and oxygen atoms in total. The van der Waals surface area contributed by atoms with Gasteiger partial charge < -0.3 is 14.2 Å². The van der Waals surface area contributed by atoms with Gasteiger partial charge in [-0.1, -0.05) is 6.07 Å². The number of likely N-dealkylation sites (tertiary alicyclic amines) is 1. The maximum atomic E-state index is 12.4. The van der Waals surface area contributed by atoms with Crippen LogP contribution in [0, 0.1) is 0 Å². The smallest absolute Gasteiger partial charge is 0.250 e. The number of sulfonamides is 1. The van der Waals surface area contributed by atoms with Crippen molar-refractivity contribution < 1.29 is 17.9 Å². The van der Waals surface area contributed by atoms with Crippen molar-refractivity contribution in [3.8, 4) is 0 Å². The number of aromatic nitrogens is 1. The van der Waals surface area contributed by atoms with Gasteiger partial charge in [0.2, 0.25) is 15.9 Å². The van der Waals surface area contributed by atoms with E-state index in [1.54, 1.807) is 23.2 Å². The van der Waals surface area contributed by atoms with Crippen LogP contribution in [0.2, 0.25) is 0 Å². The monoisotopic (exact) mass is 341 g/mol. The third-order valence-corrected chi connectivity index (χ3v) is 5.54. The molecule has 0 saturated carbocycles. The Morgan fingerprint density at radius 3 is 2.83 bits per heavy atom. The normalized spacial score (nSPS) is 25.3. The summed E-state index contributed by atoms with van der Waals surface area (Å²) < 4.78 is 32.1. The van der Waals surface area contributed by atoms with E-state index in [0.717, 1.165) is 0 Å². The molecule has 0 spiro atoms. The first-order valence-corrected chi connectivity index (χ1v) is 9.23. The van der Waals surface area contributed by atoms with Crippen LogP contribution in [0.15, 0.2) is 29.2 Å². The molecule has 0 aromatic carbocycles. The van der Waals surface area contributed by atoms with Crippen molar-refractivity contribution in [2.75, 3.05) is 32.5 Å². The molecule has 0 bridgehead atoms. The Bertz CT molecular complexity index is 760. The predicted octanol–water partition coefficient (Wildman–Crippen LogP) is -1.28. The van der Waals surface area contributed by atoms with Gasteiger partial charge in [0.25, 0.3) is 5.56 Å². The van der Waals surface area contributed by atoms with Gasteiger partial charge in [-0.15, -0.1) is 0 Å². The maximum absolute atomic E-state index is 12.4. The Labute approximate surface area is 134 Å². The van der Waals surface area contributed by atoms with Crippen molar-refractivity contribution in [2.45, 2.75) is 18.7 Å². The Morgan fingerprint density at radius 1 is 1.35 bits per heavy atom. The molecule has 23 heavy (non-hydrogen) atoms. The SMILES string of the molecule is CS(=O)(=O)N1CCO[C@H]2CN(C(=O)Cn3ccccc3=O)C[C@H]21. The van der Waals surface area contributed by atoms with E-state index in [4.69, 9.17) is 4.74 Å². The predicted molar refractivity (Wildman–Crippen MR) is 82.4 cm³/mol. The van der Waals surface area contributed by atoms with Crippen molar-refractivity contribution in [1.29, 1.82) is 0 Å². The fraction of sp³-hybridized carbons (Fsp3) is 0.571. The molecule has 3 heterocycles. The van der Waals surface area contributed by atoms with Gasteiger partial charge in [-0.2, -0.15) is 4.31 Å². The summed E-state index contributed by atoms with van der Waals surface area (Å²) in [5.74, 6) is -0.218. The molecule has 126 valence electrons. The highest BCUT2D eigenvalue weighted by Crippen LogP contribution is 2.25. The van der Waals surface area contributed by atoms with E-state index in [1.165, 1.54) is 21.2 Å². The minimum atomic E-state index is -3.33. The van der Waals surface area contributed by atoms with Gasteiger partial charge in [0.05, 0.1) is 25.0 Å². The summed E-state index contributed by atoms with van der Waals surface area (Å²) in [4.78, 5) is 25.7. The van der Waals surface area contributed by atoms with Crippen LogP contribution in [0.25, 0.3) is 0 Å². The number of carbonyl (C=O) groups is 1. The Morgan fingerprint density at radius 2 is 2.13 bits per heavy atom. The summed E-state index contributed by atoms with van der Waals surface area (Å²) in [5, 5.41) is 0. The van der Waals surface area contributed by atoms with Gasteiger partial charge in [0, 0.05) is 31.9 Å². The lowest BCUT2D eigenvalue weighted by Crippen LogP contribution is -2.52. The van der Waals surface area contributed by atoms with Crippen LogP contribution >= 0.6 is 0 Å². The zero-order valence-electron chi connectivity index (χ0n) is 12.8. The van der Waals surface area contributed by atoms with Crippen molar-refractivity contribution in [2.24, 2.45) is 0 Å². The summed E-state index contributed by atoms with van der Waals surface area (Å²) in [6, 6.07) is 4.35. The standard InChI is InChI=1S/C14H19N3O5S/c1-23(20,21)17-6-7-22-12-9-16(8-11(12)17)14(19)10-15-5-3-2-4-13(15)18/h2-5,11-12H,6-10H2,1H3/t11-,12+/m1/s1. The van der Waals surface area contributed by atoms with E-state index in [1.807, 2.05) is 0 Å². The summed E-state index contributed by atoms with van der Waals surface area (Å²) in [6.07, 6.45) is 2.42. The minimum Gasteiger partial charge on any atom is -0.373 e. The first kappa shape index (κ1) is 16.2. The van der Waals surface area contributed by atoms with Crippen LogP contribution in [-0.2, 0) is 26.1 Å². The van der Waals surface area contributed by atoms with Gasteiger partial charge in [-0.3, -0.25) is 9.59 Å². The lowest BCUT2D eigenvalue weighted by Gasteiger charge is -2.34. The molecule has 9 heteroatoms. The zero-order valence-corrected chi connectivity index (χ0v) is 13.6. The average Bonchev–Trinajstić information content (AvgIpc) is 2.92. The Kier molecular flexibility index (Phi) is 4.26. The van der Waals surface area contributed by atoms with Crippen molar-refractivity contribution in [3.05, 3.63) is 34.7 Å². The van der Waals surface area contributed by atoms with Gasteiger partial charge >= 0.3 is 0 Å². The molecule has 1 aromatic heterocycles. The molecular weight excluding hydrogens is 322 g/mol.